The smallest absolute Gasteiger partial charge is 0.161 e. The van der Waals surface area contributed by atoms with Gasteiger partial charge in [0.25, 0.3) is 0 Å². The van der Waals surface area contributed by atoms with Crippen molar-refractivity contribution in [3.05, 3.63) is 29.2 Å². The monoisotopic (exact) mass is 221 g/mol. The van der Waals surface area contributed by atoms with E-state index in [1.54, 1.807) is 0 Å². The summed E-state index contributed by atoms with van der Waals surface area (Å²) in [6, 6.07) is 5.73. The molecule has 2 aromatic rings. The number of fused-ring (bicyclic) bond motifs is 1. The number of hydrogen-bond donors (Lipinski definition) is 0. The molecule has 1 aliphatic carbocycles. The predicted molar refractivity (Wildman–Crippen MR) is 59.2 cm³/mol. The first kappa shape index (κ1) is 9.16. The van der Waals surface area contributed by atoms with E-state index in [4.69, 9.17) is 11.6 Å². The van der Waals surface area contributed by atoms with E-state index < -0.39 is 0 Å². The standard InChI is InChI=1S/C11H12ClN3/c12-9-6-3-7-10-13-14-11(15(9)10)8-4-1-2-5-8/h3,6-8H,1-2,4-5H2. The van der Waals surface area contributed by atoms with Crippen LogP contribution in [0.2, 0.25) is 5.15 Å². The fourth-order valence-electron chi connectivity index (χ4n) is 2.37. The van der Waals surface area contributed by atoms with E-state index in [2.05, 4.69) is 10.2 Å². The summed E-state index contributed by atoms with van der Waals surface area (Å²) in [5.74, 6) is 1.58. The summed E-state index contributed by atoms with van der Waals surface area (Å²) >= 11 is 6.16. The van der Waals surface area contributed by atoms with Gasteiger partial charge in [0.2, 0.25) is 0 Å². The van der Waals surface area contributed by atoms with Crippen molar-refractivity contribution in [1.82, 2.24) is 14.6 Å². The van der Waals surface area contributed by atoms with Crippen molar-refractivity contribution in [1.29, 1.82) is 0 Å². The molecule has 0 spiro atoms. The number of pyridine rings is 1. The lowest BCUT2D eigenvalue weighted by atomic mass is 10.1. The Morgan fingerprint density at radius 3 is 2.80 bits per heavy atom. The Kier molecular flexibility index (Phi) is 2.13. The fraction of sp³-hybridized carbons (Fsp3) is 0.455. The summed E-state index contributed by atoms with van der Waals surface area (Å²) in [4.78, 5) is 0. The van der Waals surface area contributed by atoms with E-state index in [1.165, 1.54) is 25.7 Å². The molecule has 0 amide bonds. The minimum Gasteiger partial charge on any atom is -0.269 e. The molecule has 0 aromatic carbocycles. The van der Waals surface area contributed by atoms with Crippen molar-refractivity contribution < 1.29 is 0 Å². The molecule has 78 valence electrons. The van der Waals surface area contributed by atoms with Crippen molar-refractivity contribution in [2.75, 3.05) is 0 Å². The third kappa shape index (κ3) is 1.42. The van der Waals surface area contributed by atoms with Gasteiger partial charge in [-0.1, -0.05) is 30.5 Å². The average molecular weight is 222 g/mol. The van der Waals surface area contributed by atoms with Gasteiger partial charge < -0.3 is 0 Å². The highest BCUT2D eigenvalue weighted by atomic mass is 35.5. The zero-order chi connectivity index (χ0) is 10.3. The SMILES string of the molecule is Clc1cccc2nnc(C3CCCC3)n12. The van der Waals surface area contributed by atoms with E-state index in [0.717, 1.165) is 11.5 Å². The minimum atomic E-state index is 0.542. The van der Waals surface area contributed by atoms with E-state index in [1.807, 2.05) is 22.6 Å². The molecule has 2 aromatic heterocycles. The van der Waals surface area contributed by atoms with E-state index in [9.17, 15) is 0 Å². The molecule has 3 rings (SSSR count). The minimum absolute atomic E-state index is 0.542. The molecule has 1 aliphatic rings. The van der Waals surface area contributed by atoms with Gasteiger partial charge in [0, 0.05) is 5.92 Å². The highest BCUT2D eigenvalue weighted by Crippen LogP contribution is 2.33. The quantitative estimate of drug-likeness (QED) is 0.693. The Morgan fingerprint density at radius 2 is 2.00 bits per heavy atom. The summed E-state index contributed by atoms with van der Waals surface area (Å²) in [7, 11) is 0. The summed E-state index contributed by atoms with van der Waals surface area (Å²) < 4.78 is 1.97. The Morgan fingerprint density at radius 1 is 1.20 bits per heavy atom. The largest absolute Gasteiger partial charge is 0.269 e. The lowest BCUT2D eigenvalue weighted by Gasteiger charge is -2.07. The molecule has 0 unspecified atom stereocenters. The summed E-state index contributed by atoms with van der Waals surface area (Å²) in [5, 5.41) is 9.13. The Balaban J connectivity index is 2.18. The molecule has 0 radical (unpaired) electrons. The number of hydrogen-bond acceptors (Lipinski definition) is 2. The van der Waals surface area contributed by atoms with Crippen molar-refractivity contribution in [2.45, 2.75) is 31.6 Å². The molecule has 0 saturated heterocycles. The molecule has 0 atom stereocenters. The topological polar surface area (TPSA) is 30.2 Å². The van der Waals surface area contributed by atoms with Gasteiger partial charge in [-0.25, -0.2) is 0 Å². The van der Waals surface area contributed by atoms with Crippen LogP contribution in [0.5, 0.6) is 0 Å². The Labute approximate surface area is 93.1 Å². The molecule has 2 heterocycles. The van der Waals surface area contributed by atoms with E-state index in [-0.39, 0.29) is 0 Å². The van der Waals surface area contributed by atoms with Crippen LogP contribution >= 0.6 is 11.6 Å². The molecular weight excluding hydrogens is 210 g/mol. The second-order valence-electron chi connectivity index (χ2n) is 4.08. The van der Waals surface area contributed by atoms with Crippen molar-refractivity contribution in [2.24, 2.45) is 0 Å². The first-order valence-corrected chi connectivity index (χ1v) is 5.73. The molecule has 4 heteroatoms. The maximum atomic E-state index is 6.16. The molecule has 0 aliphatic heterocycles. The zero-order valence-electron chi connectivity index (χ0n) is 8.36. The molecule has 1 saturated carbocycles. The molecule has 0 N–H and O–H groups in total. The van der Waals surface area contributed by atoms with Crippen LogP contribution in [0.1, 0.15) is 37.4 Å². The first-order valence-electron chi connectivity index (χ1n) is 5.36. The second kappa shape index (κ2) is 3.49. The Hall–Kier alpha value is -1.09. The van der Waals surface area contributed by atoms with Crippen LogP contribution in [0.15, 0.2) is 18.2 Å². The second-order valence-corrected chi connectivity index (χ2v) is 4.47. The lowest BCUT2D eigenvalue weighted by molar-refractivity contribution is 0.659. The van der Waals surface area contributed by atoms with Crippen LogP contribution in [-0.4, -0.2) is 14.6 Å². The van der Waals surface area contributed by atoms with Gasteiger partial charge in [-0.15, -0.1) is 10.2 Å². The van der Waals surface area contributed by atoms with Crippen LogP contribution < -0.4 is 0 Å². The zero-order valence-corrected chi connectivity index (χ0v) is 9.11. The molecular formula is C11H12ClN3. The molecule has 15 heavy (non-hydrogen) atoms. The van der Waals surface area contributed by atoms with Crippen LogP contribution in [0.3, 0.4) is 0 Å². The van der Waals surface area contributed by atoms with Gasteiger partial charge >= 0.3 is 0 Å². The van der Waals surface area contributed by atoms with Crippen molar-refractivity contribution in [3.8, 4) is 0 Å². The van der Waals surface area contributed by atoms with Gasteiger partial charge in [-0.2, -0.15) is 0 Å². The molecule has 0 bridgehead atoms. The normalized spacial score (nSPS) is 17.7. The fourth-order valence-corrected chi connectivity index (χ4v) is 2.62. The van der Waals surface area contributed by atoms with E-state index >= 15 is 0 Å². The number of halogens is 1. The maximum Gasteiger partial charge on any atom is 0.161 e. The number of aromatic nitrogens is 3. The van der Waals surface area contributed by atoms with Crippen LogP contribution in [0.25, 0.3) is 5.65 Å². The third-order valence-electron chi connectivity index (χ3n) is 3.13. The molecule has 1 fully saturated rings. The van der Waals surface area contributed by atoms with Crippen molar-refractivity contribution in [3.63, 3.8) is 0 Å². The number of rotatable bonds is 1. The van der Waals surface area contributed by atoms with Crippen LogP contribution in [0, 0.1) is 0 Å². The highest BCUT2D eigenvalue weighted by molar-refractivity contribution is 6.29. The highest BCUT2D eigenvalue weighted by Gasteiger charge is 2.22. The van der Waals surface area contributed by atoms with Gasteiger partial charge in [0.1, 0.15) is 11.0 Å². The van der Waals surface area contributed by atoms with Gasteiger partial charge in [0.05, 0.1) is 0 Å². The molecule has 3 nitrogen and oxygen atoms in total. The van der Waals surface area contributed by atoms with Gasteiger partial charge in [-0.3, -0.25) is 4.40 Å². The van der Waals surface area contributed by atoms with Crippen molar-refractivity contribution >= 4 is 17.2 Å². The maximum absolute atomic E-state index is 6.16. The summed E-state index contributed by atoms with van der Waals surface area (Å²) in [5.41, 5.74) is 0.851. The van der Waals surface area contributed by atoms with Gasteiger partial charge in [0.15, 0.2) is 5.65 Å². The summed E-state index contributed by atoms with van der Waals surface area (Å²) in [6.07, 6.45) is 5.02. The summed E-state index contributed by atoms with van der Waals surface area (Å²) in [6.45, 7) is 0. The van der Waals surface area contributed by atoms with Gasteiger partial charge in [-0.05, 0) is 25.0 Å². The lowest BCUT2D eigenvalue weighted by Crippen LogP contribution is -2.00. The average Bonchev–Trinajstić information content (AvgIpc) is 2.85. The number of nitrogens with zero attached hydrogens (tertiary/aromatic N) is 3. The van der Waals surface area contributed by atoms with Crippen LogP contribution in [0.4, 0.5) is 0 Å². The first-order chi connectivity index (χ1) is 7.36. The third-order valence-corrected chi connectivity index (χ3v) is 3.42. The Bertz CT molecular complexity index is 486. The predicted octanol–water partition coefficient (Wildman–Crippen LogP) is 3.04. The van der Waals surface area contributed by atoms with Crippen LogP contribution in [-0.2, 0) is 0 Å². The van der Waals surface area contributed by atoms with E-state index in [0.29, 0.717) is 11.1 Å².